The number of hydrogen-bond donors (Lipinski definition) is 1. The van der Waals surface area contributed by atoms with E-state index in [1.165, 1.54) is 11.3 Å². The van der Waals surface area contributed by atoms with Crippen molar-refractivity contribution in [2.24, 2.45) is 11.7 Å². The molecule has 116 valence electrons. The summed E-state index contributed by atoms with van der Waals surface area (Å²) in [5, 5.41) is 3.68. The smallest absolute Gasteiger partial charge is 0.220 e. The lowest BCUT2D eigenvalue weighted by atomic mass is 9.81. The molecule has 7 heteroatoms. The molecule has 1 aliphatic rings. The van der Waals surface area contributed by atoms with Gasteiger partial charge in [0.05, 0.1) is 0 Å². The van der Waals surface area contributed by atoms with Crippen LogP contribution >= 0.6 is 34.5 Å². The zero-order valence-corrected chi connectivity index (χ0v) is 13.9. The summed E-state index contributed by atoms with van der Waals surface area (Å²) in [7, 11) is 0. The van der Waals surface area contributed by atoms with Crippen LogP contribution in [0.15, 0.2) is 29.8 Å². The maximum atomic E-state index is 11.7. The van der Waals surface area contributed by atoms with Crippen LogP contribution in [0.2, 0.25) is 10.0 Å². The molecule has 2 N–H and O–H groups in total. The molecular weight excluding hydrogens is 343 g/mol. The number of rotatable bonds is 3. The Hall–Kier alpha value is -1.14. The minimum Gasteiger partial charge on any atom is -0.369 e. The molecule has 4 nitrogen and oxygen atoms in total. The molecule has 0 aliphatic carbocycles. The van der Waals surface area contributed by atoms with Gasteiger partial charge in [0.2, 0.25) is 5.91 Å². The summed E-state index contributed by atoms with van der Waals surface area (Å²) >= 11 is 13.9. The normalized spacial score (nSPS) is 25.1. The number of halogens is 2. The van der Waals surface area contributed by atoms with Crippen LogP contribution in [0.3, 0.4) is 0 Å². The van der Waals surface area contributed by atoms with Crippen molar-refractivity contribution in [3.05, 3.63) is 50.4 Å². The third-order valence-corrected chi connectivity index (χ3v) is 5.36. The molecule has 0 radical (unpaired) electrons. The third-order valence-electron chi connectivity index (χ3n) is 3.89. The molecule has 1 aliphatic heterocycles. The first-order valence-corrected chi connectivity index (χ1v) is 8.45. The van der Waals surface area contributed by atoms with Crippen molar-refractivity contribution in [3.63, 3.8) is 0 Å². The third kappa shape index (κ3) is 2.74. The van der Waals surface area contributed by atoms with Gasteiger partial charge < -0.3 is 10.5 Å². The van der Waals surface area contributed by atoms with Gasteiger partial charge in [-0.25, -0.2) is 4.98 Å². The molecule has 3 rings (SSSR count). The second-order valence-electron chi connectivity index (χ2n) is 5.23. The average molecular weight is 357 g/mol. The Bertz CT molecular complexity index is 693. The largest absolute Gasteiger partial charge is 0.369 e. The minimum absolute atomic E-state index is 0.274. The van der Waals surface area contributed by atoms with Crippen LogP contribution in [0.5, 0.6) is 0 Å². The van der Waals surface area contributed by atoms with Crippen LogP contribution in [0, 0.1) is 5.92 Å². The summed E-state index contributed by atoms with van der Waals surface area (Å²) < 4.78 is 6.11. The summed E-state index contributed by atoms with van der Waals surface area (Å²) in [5.41, 5.74) is 5.43. The van der Waals surface area contributed by atoms with Gasteiger partial charge in [0.15, 0.2) is 0 Å². The first kappa shape index (κ1) is 15.7. The molecule has 2 atom stereocenters. The number of primary amides is 1. The number of aromatic nitrogens is 1. The Morgan fingerprint density at radius 2 is 2.27 bits per heavy atom. The molecule has 2 unspecified atom stereocenters. The van der Waals surface area contributed by atoms with E-state index in [1.54, 1.807) is 18.3 Å². The Morgan fingerprint density at radius 1 is 1.45 bits per heavy atom. The summed E-state index contributed by atoms with van der Waals surface area (Å²) in [6, 6.07) is 5.26. The van der Waals surface area contributed by atoms with E-state index in [0.717, 1.165) is 10.6 Å². The molecule has 1 fully saturated rings. The van der Waals surface area contributed by atoms with Gasteiger partial charge in [-0.05, 0) is 25.0 Å². The molecule has 0 spiro atoms. The molecule has 22 heavy (non-hydrogen) atoms. The van der Waals surface area contributed by atoms with Gasteiger partial charge in [0, 0.05) is 39.7 Å². The van der Waals surface area contributed by atoms with E-state index < -0.39 is 5.60 Å². The van der Waals surface area contributed by atoms with Crippen molar-refractivity contribution in [2.45, 2.75) is 18.4 Å². The number of thiazole rings is 1. The van der Waals surface area contributed by atoms with Crippen LogP contribution in [0.25, 0.3) is 0 Å². The molecule has 0 bridgehead atoms. The van der Waals surface area contributed by atoms with Crippen molar-refractivity contribution in [1.82, 2.24) is 4.98 Å². The number of ether oxygens (including phenoxy) is 1. The SMILES string of the molecule is NC(=O)C1CCOC(c2nccs2)(c2ccc(Cl)cc2Cl)C1. The maximum absolute atomic E-state index is 11.7. The number of hydrogen-bond acceptors (Lipinski definition) is 4. The van der Waals surface area contributed by atoms with Crippen LogP contribution in [0.4, 0.5) is 0 Å². The van der Waals surface area contributed by atoms with Crippen LogP contribution < -0.4 is 5.73 Å². The highest BCUT2D eigenvalue weighted by molar-refractivity contribution is 7.09. The molecule has 1 amide bonds. The lowest BCUT2D eigenvalue weighted by molar-refractivity contribution is -0.132. The maximum Gasteiger partial charge on any atom is 0.220 e. The highest BCUT2D eigenvalue weighted by Crippen LogP contribution is 2.46. The molecule has 2 aromatic rings. The predicted octanol–water partition coefficient (Wildman–Crippen LogP) is 3.61. The van der Waals surface area contributed by atoms with Crippen molar-refractivity contribution in [2.75, 3.05) is 6.61 Å². The zero-order chi connectivity index (χ0) is 15.7. The Labute approximate surface area is 142 Å². The van der Waals surface area contributed by atoms with Crippen molar-refractivity contribution >= 4 is 40.4 Å². The second-order valence-corrected chi connectivity index (χ2v) is 6.97. The Kier molecular flexibility index (Phi) is 4.41. The summed E-state index contributed by atoms with van der Waals surface area (Å²) in [6.07, 6.45) is 2.74. The number of carbonyl (C=O) groups is 1. The standard InChI is InChI=1S/C15H14Cl2N2O2S/c16-10-1-2-11(12(17)7-10)15(14-19-4-6-22-14)8-9(13(18)20)3-5-21-15/h1-2,4,6-7,9H,3,5,8H2,(H2,18,20). The topological polar surface area (TPSA) is 65.2 Å². The monoisotopic (exact) mass is 356 g/mol. The van der Waals surface area contributed by atoms with E-state index in [4.69, 9.17) is 33.7 Å². The van der Waals surface area contributed by atoms with Crippen molar-refractivity contribution in [1.29, 1.82) is 0 Å². The van der Waals surface area contributed by atoms with Crippen LogP contribution in [0.1, 0.15) is 23.4 Å². The molecule has 1 aromatic heterocycles. The Morgan fingerprint density at radius 3 is 2.91 bits per heavy atom. The predicted molar refractivity (Wildman–Crippen MR) is 87.2 cm³/mol. The summed E-state index contributed by atoms with van der Waals surface area (Å²) in [5.74, 6) is -0.598. The zero-order valence-electron chi connectivity index (χ0n) is 11.6. The highest BCUT2D eigenvalue weighted by atomic mass is 35.5. The van der Waals surface area contributed by atoms with Gasteiger partial charge >= 0.3 is 0 Å². The molecule has 0 saturated carbocycles. The van der Waals surface area contributed by atoms with E-state index >= 15 is 0 Å². The number of benzene rings is 1. The van der Waals surface area contributed by atoms with Gasteiger partial charge in [-0.15, -0.1) is 11.3 Å². The summed E-state index contributed by atoms with van der Waals surface area (Å²) in [4.78, 5) is 16.1. The quantitative estimate of drug-likeness (QED) is 0.913. The van der Waals surface area contributed by atoms with Crippen molar-refractivity contribution in [3.8, 4) is 0 Å². The van der Waals surface area contributed by atoms with E-state index in [-0.39, 0.29) is 11.8 Å². The molecule has 1 aromatic carbocycles. The van der Waals surface area contributed by atoms with Gasteiger partial charge in [-0.2, -0.15) is 0 Å². The lowest BCUT2D eigenvalue weighted by Gasteiger charge is -2.39. The number of nitrogens with two attached hydrogens (primary N) is 1. The number of carbonyl (C=O) groups excluding carboxylic acids is 1. The number of amides is 1. The average Bonchev–Trinajstić information content (AvgIpc) is 3.02. The van der Waals surface area contributed by atoms with E-state index in [9.17, 15) is 4.79 Å². The first-order chi connectivity index (χ1) is 10.5. The molecule has 2 heterocycles. The van der Waals surface area contributed by atoms with Crippen molar-refractivity contribution < 1.29 is 9.53 Å². The first-order valence-electron chi connectivity index (χ1n) is 6.82. The number of nitrogens with zero attached hydrogens (tertiary/aromatic N) is 1. The van der Waals surface area contributed by atoms with Crippen LogP contribution in [-0.4, -0.2) is 17.5 Å². The fraction of sp³-hybridized carbons (Fsp3) is 0.333. The second kappa shape index (κ2) is 6.16. The fourth-order valence-corrected chi connectivity index (χ4v) is 4.19. The van der Waals surface area contributed by atoms with Gasteiger partial charge in [0.1, 0.15) is 10.6 Å². The molecular formula is C15H14Cl2N2O2S. The Balaban J connectivity index is 2.13. The highest BCUT2D eigenvalue weighted by Gasteiger charge is 2.45. The van der Waals surface area contributed by atoms with E-state index in [0.29, 0.717) is 29.5 Å². The van der Waals surface area contributed by atoms with E-state index in [2.05, 4.69) is 4.98 Å². The molecule has 1 saturated heterocycles. The van der Waals surface area contributed by atoms with Gasteiger partial charge in [-0.3, -0.25) is 4.79 Å². The lowest BCUT2D eigenvalue weighted by Crippen LogP contribution is -2.42. The van der Waals surface area contributed by atoms with Gasteiger partial charge in [0.25, 0.3) is 0 Å². The fourth-order valence-electron chi connectivity index (χ4n) is 2.82. The van der Waals surface area contributed by atoms with E-state index in [1.807, 2.05) is 11.4 Å². The van der Waals surface area contributed by atoms with Gasteiger partial charge in [-0.1, -0.05) is 29.3 Å². The minimum atomic E-state index is -0.853. The van der Waals surface area contributed by atoms with Crippen LogP contribution in [-0.2, 0) is 15.1 Å². The summed E-state index contributed by atoms with van der Waals surface area (Å²) in [6.45, 7) is 0.423.